The summed E-state index contributed by atoms with van der Waals surface area (Å²) in [5.74, 6) is 0.145. The Bertz CT molecular complexity index is 1320. The third-order valence-corrected chi connectivity index (χ3v) is 8.12. The first-order chi connectivity index (χ1) is 15.6. The van der Waals surface area contributed by atoms with E-state index in [1.165, 1.54) is 26.6 Å². The van der Waals surface area contributed by atoms with Gasteiger partial charge < -0.3 is 5.32 Å². The maximum absolute atomic E-state index is 13.2. The molecule has 1 fully saturated rings. The molecule has 3 heterocycles. The molecule has 1 aliphatic rings. The monoisotopic (exact) mass is 489 g/mol. The summed E-state index contributed by atoms with van der Waals surface area (Å²) < 4.78 is 27.9. The SMILES string of the molecule is Cc1ccc(NC(=O)Cn2nc(C3CCN(S(C)(=O)=O)CC3)n(-c3cccs3)c2=O)cc1C. The first kappa shape index (κ1) is 23.4. The van der Waals surface area contributed by atoms with E-state index in [1.54, 1.807) is 4.57 Å². The second-order valence-corrected chi connectivity index (χ2v) is 11.3. The van der Waals surface area contributed by atoms with E-state index in [4.69, 9.17) is 0 Å². The summed E-state index contributed by atoms with van der Waals surface area (Å²) in [6, 6.07) is 9.34. The van der Waals surface area contributed by atoms with Crippen LogP contribution in [0, 0.1) is 13.8 Å². The highest BCUT2D eigenvalue weighted by atomic mass is 32.2. The van der Waals surface area contributed by atoms with E-state index in [0.29, 0.717) is 37.4 Å². The number of sulfonamides is 1. The molecule has 3 aromatic rings. The van der Waals surface area contributed by atoms with E-state index in [1.807, 2.05) is 49.6 Å². The minimum absolute atomic E-state index is 0.0816. The number of carbonyl (C=O) groups excluding carboxylic acids is 1. The van der Waals surface area contributed by atoms with E-state index < -0.39 is 10.0 Å². The highest BCUT2D eigenvalue weighted by molar-refractivity contribution is 7.88. The van der Waals surface area contributed by atoms with Crippen molar-refractivity contribution in [2.24, 2.45) is 0 Å². The van der Waals surface area contributed by atoms with Crippen LogP contribution >= 0.6 is 11.3 Å². The summed E-state index contributed by atoms with van der Waals surface area (Å²) in [5, 5.41) is 9.97. The van der Waals surface area contributed by atoms with Gasteiger partial charge in [-0.2, -0.15) is 5.10 Å². The quantitative estimate of drug-likeness (QED) is 0.573. The van der Waals surface area contributed by atoms with Gasteiger partial charge in [0.15, 0.2) is 0 Å². The van der Waals surface area contributed by atoms with Crippen LogP contribution in [0.5, 0.6) is 0 Å². The molecule has 9 nitrogen and oxygen atoms in total. The summed E-state index contributed by atoms with van der Waals surface area (Å²) in [6.07, 6.45) is 2.32. The Labute approximate surface area is 196 Å². The van der Waals surface area contributed by atoms with Crippen LogP contribution in [0.3, 0.4) is 0 Å². The Morgan fingerprint density at radius 1 is 1.18 bits per heavy atom. The summed E-state index contributed by atoms with van der Waals surface area (Å²) in [4.78, 5) is 25.9. The maximum atomic E-state index is 13.2. The lowest BCUT2D eigenvalue weighted by molar-refractivity contribution is -0.117. The standard InChI is InChI=1S/C22H27N5O4S2/c1-15-6-7-18(13-16(15)2)23-19(28)14-26-22(29)27(20-5-4-12-32-20)21(24-26)17-8-10-25(11-9-17)33(3,30)31/h4-7,12-13,17H,8-11,14H2,1-3H3,(H,23,28). The van der Waals surface area contributed by atoms with Gasteiger partial charge in [0, 0.05) is 24.7 Å². The van der Waals surface area contributed by atoms with E-state index in [9.17, 15) is 18.0 Å². The fraction of sp³-hybridized carbons (Fsp3) is 0.409. The summed E-state index contributed by atoms with van der Waals surface area (Å²) >= 11 is 1.41. The summed E-state index contributed by atoms with van der Waals surface area (Å²) in [5.41, 5.74) is 2.48. The number of aryl methyl sites for hydroxylation is 2. The van der Waals surface area contributed by atoms with Crippen LogP contribution in [0.1, 0.15) is 35.7 Å². The molecule has 1 aromatic carbocycles. The average molecular weight is 490 g/mol. The third-order valence-electron chi connectivity index (χ3n) is 5.96. The van der Waals surface area contributed by atoms with Crippen LogP contribution in [-0.4, -0.2) is 52.3 Å². The molecule has 4 rings (SSSR count). The first-order valence-corrected chi connectivity index (χ1v) is 13.4. The topological polar surface area (TPSA) is 106 Å². The molecule has 0 atom stereocenters. The van der Waals surface area contributed by atoms with E-state index >= 15 is 0 Å². The number of benzene rings is 1. The number of thiophene rings is 1. The minimum atomic E-state index is -3.25. The molecule has 1 aliphatic heterocycles. The third kappa shape index (κ3) is 5.10. The molecule has 0 radical (unpaired) electrons. The van der Waals surface area contributed by atoms with Crippen molar-refractivity contribution in [2.45, 2.75) is 39.2 Å². The Morgan fingerprint density at radius 2 is 1.91 bits per heavy atom. The van der Waals surface area contributed by atoms with Crippen LogP contribution in [-0.2, 0) is 21.4 Å². The minimum Gasteiger partial charge on any atom is -0.324 e. The molecule has 1 saturated heterocycles. The Balaban J connectivity index is 1.59. The molecule has 1 amide bonds. The molecule has 0 aliphatic carbocycles. The fourth-order valence-corrected chi connectivity index (χ4v) is 5.60. The van der Waals surface area contributed by atoms with Crippen molar-refractivity contribution in [2.75, 3.05) is 24.7 Å². The zero-order chi connectivity index (χ0) is 23.8. The number of nitrogens with one attached hydrogen (secondary N) is 1. The molecular formula is C22H27N5O4S2. The second kappa shape index (κ2) is 9.24. The number of piperidine rings is 1. The first-order valence-electron chi connectivity index (χ1n) is 10.7. The largest absolute Gasteiger partial charge is 0.351 e. The number of carbonyl (C=O) groups is 1. The van der Waals surface area contributed by atoms with Gasteiger partial charge in [-0.25, -0.2) is 26.8 Å². The van der Waals surface area contributed by atoms with E-state index in [2.05, 4.69) is 10.4 Å². The summed E-state index contributed by atoms with van der Waals surface area (Å²) in [6.45, 7) is 4.52. The van der Waals surface area contributed by atoms with Gasteiger partial charge in [0.2, 0.25) is 15.9 Å². The predicted octanol–water partition coefficient (Wildman–Crippen LogP) is 2.49. The smallest absolute Gasteiger partial charge is 0.324 e. The number of anilines is 1. The van der Waals surface area contributed by atoms with Gasteiger partial charge in [0.1, 0.15) is 17.4 Å². The molecular weight excluding hydrogens is 462 g/mol. The van der Waals surface area contributed by atoms with Gasteiger partial charge in [0.25, 0.3) is 0 Å². The molecule has 0 unspecified atom stereocenters. The highest BCUT2D eigenvalue weighted by Gasteiger charge is 2.30. The van der Waals surface area contributed by atoms with Crippen LogP contribution < -0.4 is 11.0 Å². The van der Waals surface area contributed by atoms with Gasteiger partial charge >= 0.3 is 5.69 Å². The molecule has 2 aromatic heterocycles. The van der Waals surface area contributed by atoms with Crippen molar-refractivity contribution in [3.05, 3.63) is 63.1 Å². The van der Waals surface area contributed by atoms with E-state index in [-0.39, 0.29) is 24.1 Å². The highest BCUT2D eigenvalue weighted by Crippen LogP contribution is 2.29. The molecule has 11 heteroatoms. The Kier molecular flexibility index (Phi) is 6.55. The van der Waals surface area contributed by atoms with Gasteiger partial charge in [-0.3, -0.25) is 4.79 Å². The lowest BCUT2D eigenvalue weighted by Gasteiger charge is -2.29. The number of hydrogen-bond acceptors (Lipinski definition) is 6. The fourth-order valence-electron chi connectivity index (χ4n) is 4.00. The van der Waals surface area contributed by atoms with Crippen molar-refractivity contribution in [1.29, 1.82) is 0 Å². The van der Waals surface area contributed by atoms with Gasteiger partial charge in [-0.05, 0) is 67.5 Å². The number of nitrogens with zero attached hydrogens (tertiary/aromatic N) is 4. The van der Waals surface area contributed by atoms with Crippen LogP contribution in [0.15, 0.2) is 40.5 Å². The second-order valence-electron chi connectivity index (χ2n) is 8.37. The van der Waals surface area contributed by atoms with Crippen molar-refractivity contribution in [3.8, 4) is 5.00 Å². The number of amides is 1. The number of hydrogen-bond donors (Lipinski definition) is 1. The lowest BCUT2D eigenvalue weighted by atomic mass is 9.97. The average Bonchev–Trinajstić information content (AvgIpc) is 3.38. The molecule has 1 N–H and O–H groups in total. The normalized spacial score (nSPS) is 15.6. The predicted molar refractivity (Wildman–Crippen MR) is 129 cm³/mol. The molecule has 0 spiro atoms. The number of rotatable bonds is 6. The summed E-state index contributed by atoms with van der Waals surface area (Å²) in [7, 11) is -3.25. The van der Waals surface area contributed by atoms with E-state index in [0.717, 1.165) is 16.1 Å². The molecule has 176 valence electrons. The zero-order valence-electron chi connectivity index (χ0n) is 18.8. The maximum Gasteiger partial charge on any atom is 0.351 e. The van der Waals surface area contributed by atoms with Gasteiger partial charge in [-0.15, -0.1) is 11.3 Å². The van der Waals surface area contributed by atoms with Gasteiger partial charge in [-0.1, -0.05) is 6.07 Å². The lowest BCUT2D eigenvalue weighted by Crippen LogP contribution is -2.37. The molecule has 0 saturated carbocycles. The zero-order valence-corrected chi connectivity index (χ0v) is 20.4. The van der Waals surface area contributed by atoms with Crippen molar-refractivity contribution < 1.29 is 13.2 Å². The molecule has 33 heavy (non-hydrogen) atoms. The van der Waals surface area contributed by atoms with Crippen LogP contribution in [0.4, 0.5) is 5.69 Å². The van der Waals surface area contributed by atoms with Crippen molar-refractivity contribution >= 4 is 33.0 Å². The number of aromatic nitrogens is 3. The molecule has 0 bridgehead atoms. The van der Waals surface area contributed by atoms with Crippen molar-refractivity contribution in [3.63, 3.8) is 0 Å². The van der Waals surface area contributed by atoms with Crippen LogP contribution in [0.25, 0.3) is 5.00 Å². The van der Waals surface area contributed by atoms with Crippen LogP contribution in [0.2, 0.25) is 0 Å². The Hall–Kier alpha value is -2.76. The van der Waals surface area contributed by atoms with Gasteiger partial charge in [0.05, 0.1) is 6.26 Å². The Morgan fingerprint density at radius 3 is 2.52 bits per heavy atom. The van der Waals surface area contributed by atoms with Crippen molar-refractivity contribution in [1.82, 2.24) is 18.7 Å².